The average molecular weight is 383 g/mol. The van der Waals surface area contributed by atoms with Crippen molar-refractivity contribution >= 4 is 11.3 Å². The summed E-state index contributed by atoms with van der Waals surface area (Å²) in [4.78, 5) is 1.46. The monoisotopic (exact) mass is 382 g/mol. The fourth-order valence-corrected chi connectivity index (χ4v) is 4.94. The van der Waals surface area contributed by atoms with Crippen molar-refractivity contribution in [3.05, 3.63) is 118 Å². The van der Waals surface area contributed by atoms with Crippen LogP contribution in [0.1, 0.15) is 29.3 Å². The maximum absolute atomic E-state index is 2.33. The lowest BCUT2D eigenvalue weighted by atomic mass is 9.71. The molecular formula is C27H26S. The molecule has 0 radical (unpaired) electrons. The van der Waals surface area contributed by atoms with Crippen molar-refractivity contribution in [2.75, 3.05) is 0 Å². The number of benzene rings is 3. The second-order valence-corrected chi connectivity index (χ2v) is 8.53. The lowest BCUT2D eigenvalue weighted by Gasteiger charge is -2.34. The lowest BCUT2D eigenvalue weighted by Crippen LogP contribution is -2.30. The molecule has 0 saturated heterocycles. The highest BCUT2D eigenvalue weighted by atomic mass is 32.1. The Labute approximate surface area is 172 Å². The summed E-state index contributed by atoms with van der Waals surface area (Å²) >= 11 is 1.87. The zero-order valence-electron chi connectivity index (χ0n) is 16.3. The largest absolute Gasteiger partial charge is 0.149 e. The molecule has 1 aromatic heterocycles. The van der Waals surface area contributed by atoms with Gasteiger partial charge in [0.25, 0.3) is 0 Å². The number of hydrogen-bond acceptors (Lipinski definition) is 1. The van der Waals surface area contributed by atoms with E-state index in [9.17, 15) is 0 Å². The molecule has 0 spiro atoms. The Morgan fingerprint density at radius 2 is 1.29 bits per heavy atom. The molecular weight excluding hydrogens is 356 g/mol. The summed E-state index contributed by atoms with van der Waals surface area (Å²) in [5.74, 6) is 0. The predicted octanol–water partition coefficient (Wildman–Crippen LogP) is 7.55. The van der Waals surface area contributed by atoms with Gasteiger partial charge in [-0.15, -0.1) is 11.3 Å². The first kappa shape index (κ1) is 18.7. The Morgan fingerprint density at radius 1 is 0.643 bits per heavy atom. The van der Waals surface area contributed by atoms with Gasteiger partial charge in [0.05, 0.1) is 0 Å². The van der Waals surface area contributed by atoms with Gasteiger partial charge in [0.2, 0.25) is 0 Å². The van der Waals surface area contributed by atoms with Crippen LogP contribution in [0.25, 0.3) is 11.1 Å². The maximum Gasteiger partial charge on any atom is 0.00542 e. The van der Waals surface area contributed by atoms with Crippen LogP contribution >= 0.6 is 11.3 Å². The van der Waals surface area contributed by atoms with Crippen molar-refractivity contribution in [2.24, 2.45) is 0 Å². The van der Waals surface area contributed by atoms with Crippen LogP contribution in [-0.4, -0.2) is 0 Å². The van der Waals surface area contributed by atoms with Crippen LogP contribution in [-0.2, 0) is 18.3 Å². The Morgan fingerprint density at radius 3 is 1.89 bits per heavy atom. The Balaban J connectivity index is 1.65. The summed E-state index contributed by atoms with van der Waals surface area (Å²) in [7, 11) is 0. The molecule has 1 heteroatoms. The minimum Gasteiger partial charge on any atom is -0.149 e. The molecule has 0 fully saturated rings. The Hall–Kier alpha value is -2.64. The van der Waals surface area contributed by atoms with E-state index >= 15 is 0 Å². The summed E-state index contributed by atoms with van der Waals surface area (Å²) in [6.45, 7) is 2.33. The van der Waals surface area contributed by atoms with Gasteiger partial charge in [-0.2, -0.15) is 0 Å². The van der Waals surface area contributed by atoms with Gasteiger partial charge >= 0.3 is 0 Å². The van der Waals surface area contributed by atoms with E-state index in [0.29, 0.717) is 0 Å². The lowest BCUT2D eigenvalue weighted by molar-refractivity contribution is 0.407. The first-order valence-electron chi connectivity index (χ1n) is 10.0. The quantitative estimate of drug-likeness (QED) is 0.309. The molecule has 140 valence electrons. The Bertz CT molecular complexity index is 970. The van der Waals surface area contributed by atoms with E-state index in [4.69, 9.17) is 0 Å². The van der Waals surface area contributed by atoms with E-state index in [1.165, 1.54) is 27.1 Å². The van der Waals surface area contributed by atoms with Crippen molar-refractivity contribution in [1.82, 2.24) is 0 Å². The standard InChI is InChI=1S/C27H26S/c1-2-27(21-26-14-9-19-28-26,25-12-7-4-8-13-25)20-22-15-17-24(18-16-22)23-10-5-3-6-11-23/h3-19H,2,20-21H2,1H3. The number of hydrogen-bond donors (Lipinski definition) is 0. The molecule has 0 N–H and O–H groups in total. The molecule has 3 aromatic carbocycles. The van der Waals surface area contributed by atoms with Crippen molar-refractivity contribution in [3.8, 4) is 11.1 Å². The number of rotatable bonds is 7. The SMILES string of the molecule is CCC(Cc1ccc(-c2ccccc2)cc1)(Cc1cccs1)c1ccccc1. The van der Waals surface area contributed by atoms with Gasteiger partial charge in [0, 0.05) is 10.3 Å². The van der Waals surface area contributed by atoms with E-state index < -0.39 is 0 Å². The van der Waals surface area contributed by atoms with Gasteiger partial charge in [-0.1, -0.05) is 97.9 Å². The Kier molecular flexibility index (Phi) is 5.73. The molecule has 0 aliphatic rings. The average Bonchev–Trinajstić information content (AvgIpc) is 3.28. The smallest absolute Gasteiger partial charge is 0.00542 e. The second-order valence-electron chi connectivity index (χ2n) is 7.50. The van der Waals surface area contributed by atoms with Gasteiger partial charge in [0.15, 0.2) is 0 Å². The molecule has 1 atom stereocenters. The minimum absolute atomic E-state index is 0.125. The summed E-state index contributed by atoms with van der Waals surface area (Å²) in [6.07, 6.45) is 3.27. The third-order valence-electron chi connectivity index (χ3n) is 5.76. The zero-order chi connectivity index (χ0) is 19.2. The molecule has 4 aromatic rings. The van der Waals surface area contributed by atoms with E-state index in [0.717, 1.165) is 19.3 Å². The molecule has 0 bridgehead atoms. The summed E-state index contributed by atoms with van der Waals surface area (Å²) < 4.78 is 0. The first-order valence-corrected chi connectivity index (χ1v) is 10.9. The number of thiophene rings is 1. The molecule has 1 heterocycles. The molecule has 0 saturated carbocycles. The molecule has 0 amide bonds. The highest BCUT2D eigenvalue weighted by Gasteiger charge is 2.31. The van der Waals surface area contributed by atoms with Gasteiger partial charge < -0.3 is 0 Å². The van der Waals surface area contributed by atoms with Crippen LogP contribution in [0.4, 0.5) is 0 Å². The molecule has 0 nitrogen and oxygen atoms in total. The first-order chi connectivity index (χ1) is 13.8. The van der Waals surface area contributed by atoms with Crippen molar-refractivity contribution in [2.45, 2.75) is 31.6 Å². The molecule has 28 heavy (non-hydrogen) atoms. The van der Waals surface area contributed by atoms with E-state index in [1.807, 2.05) is 11.3 Å². The third kappa shape index (κ3) is 4.10. The van der Waals surface area contributed by atoms with Crippen LogP contribution in [0.3, 0.4) is 0 Å². The second kappa shape index (κ2) is 8.58. The topological polar surface area (TPSA) is 0 Å². The van der Waals surface area contributed by atoms with E-state index in [1.54, 1.807) is 0 Å². The van der Waals surface area contributed by atoms with E-state index in [2.05, 4.69) is 109 Å². The van der Waals surface area contributed by atoms with Crippen LogP contribution < -0.4 is 0 Å². The fourth-order valence-electron chi connectivity index (χ4n) is 4.10. The van der Waals surface area contributed by atoms with E-state index in [-0.39, 0.29) is 5.41 Å². The third-order valence-corrected chi connectivity index (χ3v) is 6.64. The minimum atomic E-state index is 0.125. The summed E-state index contributed by atoms with van der Waals surface area (Å²) in [6, 6.07) is 35.3. The highest BCUT2D eigenvalue weighted by Crippen LogP contribution is 2.37. The molecule has 0 aliphatic carbocycles. The van der Waals surface area contributed by atoms with Gasteiger partial charge in [0.1, 0.15) is 0 Å². The normalized spacial score (nSPS) is 13.2. The summed E-state index contributed by atoms with van der Waals surface area (Å²) in [5, 5.41) is 2.19. The van der Waals surface area contributed by atoms with Crippen LogP contribution in [0.5, 0.6) is 0 Å². The molecule has 4 rings (SSSR count). The predicted molar refractivity (Wildman–Crippen MR) is 122 cm³/mol. The van der Waals surface area contributed by atoms with Crippen molar-refractivity contribution in [3.63, 3.8) is 0 Å². The molecule has 1 unspecified atom stereocenters. The van der Waals surface area contributed by atoms with Crippen LogP contribution in [0.15, 0.2) is 102 Å². The fraction of sp³-hybridized carbons (Fsp3) is 0.185. The van der Waals surface area contributed by atoms with Crippen LogP contribution in [0.2, 0.25) is 0 Å². The zero-order valence-corrected chi connectivity index (χ0v) is 17.2. The highest BCUT2D eigenvalue weighted by molar-refractivity contribution is 7.09. The van der Waals surface area contributed by atoms with Crippen LogP contribution in [0, 0.1) is 0 Å². The van der Waals surface area contributed by atoms with Crippen molar-refractivity contribution < 1.29 is 0 Å². The molecule has 0 aliphatic heterocycles. The maximum atomic E-state index is 2.33. The van der Waals surface area contributed by atoms with Gasteiger partial charge in [-0.25, -0.2) is 0 Å². The van der Waals surface area contributed by atoms with Crippen molar-refractivity contribution in [1.29, 1.82) is 0 Å². The summed E-state index contributed by atoms with van der Waals surface area (Å²) in [5.41, 5.74) is 5.53. The van der Waals surface area contributed by atoms with Gasteiger partial charge in [-0.3, -0.25) is 0 Å². The van der Waals surface area contributed by atoms with Gasteiger partial charge in [-0.05, 0) is 53.0 Å².